The molecule has 0 amide bonds. The van der Waals surface area contributed by atoms with Crippen LogP contribution in [-0.4, -0.2) is 9.82 Å². The molecule has 0 saturated carbocycles. The van der Waals surface area contributed by atoms with E-state index in [1.54, 1.807) is 0 Å². The molecule has 3 unspecified atom stereocenters. The average molecular weight is 662 g/mol. The maximum atomic E-state index is 10.4. The molecule has 5 heteroatoms. The van der Waals surface area contributed by atoms with Gasteiger partial charge in [0.1, 0.15) is 6.07 Å². The number of allylic oxidation sites excluding steroid dienone is 4. The molecule has 49 heavy (non-hydrogen) atoms. The zero-order valence-corrected chi connectivity index (χ0v) is 27.9. The molecule has 0 fully saturated rings. The summed E-state index contributed by atoms with van der Waals surface area (Å²) in [5.74, 6) is 0.203. The van der Waals surface area contributed by atoms with E-state index in [1.807, 2.05) is 41.3 Å². The van der Waals surface area contributed by atoms with E-state index in [9.17, 15) is 10.5 Å². The van der Waals surface area contributed by atoms with Crippen LogP contribution in [0.3, 0.4) is 0 Å². The molecule has 3 heterocycles. The summed E-state index contributed by atoms with van der Waals surface area (Å²) in [7, 11) is 0. The molecular formula is C44H27N3S2. The first-order valence-electron chi connectivity index (χ1n) is 16.6. The summed E-state index contributed by atoms with van der Waals surface area (Å²) in [6.45, 7) is 0. The molecule has 2 aromatic heterocycles. The Morgan fingerprint density at radius 3 is 2.51 bits per heavy atom. The van der Waals surface area contributed by atoms with Gasteiger partial charge in [-0.05, 0) is 64.6 Å². The van der Waals surface area contributed by atoms with Gasteiger partial charge >= 0.3 is 0 Å². The number of hydrogen-bond donors (Lipinski definition) is 0. The molecular weight excluding hydrogens is 635 g/mol. The SMILES string of the molecule is N#Cc1cccc(-c2ccc3sc4c5c(ccc4c3c2)C2C=C(c3ccccc3)C=CC2S5)c1-n1c2c(c3ccccc31)CC(C#N)C=C2. The molecule has 2 aliphatic carbocycles. The molecule has 0 saturated heterocycles. The van der Waals surface area contributed by atoms with Crippen molar-refractivity contribution in [2.45, 2.75) is 22.5 Å². The van der Waals surface area contributed by atoms with E-state index in [1.165, 1.54) is 41.8 Å². The third-order valence-electron chi connectivity index (χ3n) is 10.3. The lowest BCUT2D eigenvalue weighted by Gasteiger charge is -2.19. The van der Waals surface area contributed by atoms with E-state index < -0.39 is 0 Å². The van der Waals surface area contributed by atoms with Gasteiger partial charge in [-0.2, -0.15) is 10.5 Å². The summed E-state index contributed by atoms with van der Waals surface area (Å²) < 4.78 is 4.88. The van der Waals surface area contributed by atoms with Crippen LogP contribution in [0.2, 0.25) is 0 Å². The van der Waals surface area contributed by atoms with Gasteiger partial charge in [-0.25, -0.2) is 0 Å². The van der Waals surface area contributed by atoms with Gasteiger partial charge < -0.3 is 4.57 Å². The van der Waals surface area contributed by atoms with Gasteiger partial charge in [0, 0.05) is 52.9 Å². The van der Waals surface area contributed by atoms with Crippen molar-refractivity contribution in [1.29, 1.82) is 10.5 Å². The number of rotatable bonds is 3. The first kappa shape index (κ1) is 28.4. The lowest BCUT2D eigenvalue weighted by atomic mass is 9.87. The molecule has 0 N–H and O–H groups in total. The second kappa shape index (κ2) is 11.0. The van der Waals surface area contributed by atoms with E-state index in [4.69, 9.17) is 0 Å². The third-order valence-corrected chi connectivity index (χ3v) is 13.0. The Morgan fingerprint density at radius 1 is 0.755 bits per heavy atom. The molecule has 230 valence electrons. The molecule has 3 nitrogen and oxygen atoms in total. The van der Waals surface area contributed by atoms with Crippen molar-refractivity contribution < 1.29 is 0 Å². The molecule has 3 atom stereocenters. The van der Waals surface area contributed by atoms with Gasteiger partial charge in [0.05, 0.1) is 28.8 Å². The normalized spacial score (nSPS) is 19.0. The monoisotopic (exact) mass is 661 g/mol. The number of nitrogens with zero attached hydrogens (tertiary/aromatic N) is 3. The largest absolute Gasteiger partial charge is 0.308 e. The van der Waals surface area contributed by atoms with Crippen LogP contribution in [0.5, 0.6) is 0 Å². The van der Waals surface area contributed by atoms with E-state index >= 15 is 0 Å². The fourth-order valence-electron chi connectivity index (χ4n) is 8.03. The molecule has 5 aromatic carbocycles. The van der Waals surface area contributed by atoms with Gasteiger partial charge in [0.15, 0.2) is 0 Å². The van der Waals surface area contributed by atoms with E-state index in [0.717, 1.165) is 39.0 Å². The van der Waals surface area contributed by atoms with Crippen LogP contribution in [0.4, 0.5) is 0 Å². The molecule has 10 rings (SSSR count). The highest BCUT2D eigenvalue weighted by Gasteiger charge is 2.34. The minimum absolute atomic E-state index is 0.159. The number of fused-ring (bicyclic) bond motifs is 10. The Morgan fingerprint density at radius 2 is 1.63 bits per heavy atom. The second-order valence-corrected chi connectivity index (χ2v) is 15.2. The van der Waals surface area contributed by atoms with E-state index in [-0.39, 0.29) is 5.92 Å². The number of thiophene rings is 1. The van der Waals surface area contributed by atoms with Crippen molar-refractivity contribution in [3.05, 3.63) is 155 Å². The molecule has 1 aliphatic heterocycles. The van der Waals surface area contributed by atoms with E-state index in [0.29, 0.717) is 23.2 Å². The van der Waals surface area contributed by atoms with Crippen LogP contribution in [0.15, 0.2) is 132 Å². The molecule has 3 aliphatic rings. The van der Waals surface area contributed by atoms with Crippen molar-refractivity contribution in [2.75, 3.05) is 0 Å². The highest BCUT2D eigenvalue weighted by Crippen LogP contribution is 2.54. The summed E-state index contributed by atoms with van der Waals surface area (Å²) in [4.78, 5) is 1.41. The van der Waals surface area contributed by atoms with Gasteiger partial charge in [-0.1, -0.05) is 103 Å². The maximum Gasteiger partial charge on any atom is 0.101 e. The fourth-order valence-corrected chi connectivity index (χ4v) is 10.8. The number of thioether (sulfide) groups is 1. The van der Waals surface area contributed by atoms with Crippen LogP contribution in [0.25, 0.3) is 59.5 Å². The molecule has 0 bridgehead atoms. The Labute approximate surface area is 292 Å². The summed E-state index contributed by atoms with van der Waals surface area (Å²) in [6.07, 6.45) is 11.9. The van der Waals surface area contributed by atoms with Crippen LogP contribution in [0.1, 0.15) is 33.9 Å². The highest BCUT2D eigenvalue weighted by atomic mass is 32.2. The standard InChI is InChI=1S/C44H27N3S2/c45-24-26-13-18-39-35(21-26)32-10-4-5-12-38(32)47(39)42-30(25-46)9-6-11-31(42)29-15-20-41-37(23-29)34-17-16-33-36-22-28(27-7-2-1-3-8-27)14-19-40(36)48-43(33)44(34)49-41/h1-20,22-23,26,36,40H,21H2. The summed E-state index contributed by atoms with van der Waals surface area (Å²) in [6, 6.07) is 41.5. The number of aromatic nitrogens is 1. The van der Waals surface area contributed by atoms with Crippen molar-refractivity contribution in [1.82, 2.24) is 4.57 Å². The predicted molar refractivity (Wildman–Crippen MR) is 204 cm³/mol. The Kier molecular flexibility index (Phi) is 6.37. The van der Waals surface area contributed by atoms with Crippen LogP contribution in [-0.2, 0) is 6.42 Å². The number of hydrogen-bond acceptors (Lipinski definition) is 4. The Hall–Kier alpha value is -5.59. The summed E-state index contributed by atoms with van der Waals surface area (Å²) in [5.41, 5.74) is 10.9. The summed E-state index contributed by atoms with van der Waals surface area (Å²) >= 11 is 3.88. The molecule has 7 aromatic rings. The lowest BCUT2D eigenvalue weighted by Crippen LogP contribution is -2.08. The van der Waals surface area contributed by atoms with Gasteiger partial charge in [-0.3, -0.25) is 0 Å². The van der Waals surface area contributed by atoms with Crippen LogP contribution >= 0.6 is 23.1 Å². The van der Waals surface area contributed by atoms with Gasteiger partial charge in [0.25, 0.3) is 0 Å². The Balaban J connectivity index is 1.13. The number of benzene rings is 5. The molecule has 0 spiro atoms. The fraction of sp³-hybridized carbons (Fsp3) is 0.0909. The number of para-hydroxylation sites is 2. The number of nitriles is 2. The maximum absolute atomic E-state index is 10.4. The third kappa shape index (κ3) is 4.27. The first-order valence-corrected chi connectivity index (χ1v) is 18.2. The van der Waals surface area contributed by atoms with Crippen molar-refractivity contribution >= 4 is 65.8 Å². The molecule has 0 radical (unpaired) electrons. The Bertz CT molecular complexity index is 2710. The minimum Gasteiger partial charge on any atom is -0.308 e. The minimum atomic E-state index is -0.159. The van der Waals surface area contributed by atoms with Crippen LogP contribution < -0.4 is 0 Å². The zero-order valence-electron chi connectivity index (χ0n) is 26.3. The van der Waals surface area contributed by atoms with Crippen molar-refractivity contribution in [3.63, 3.8) is 0 Å². The highest BCUT2D eigenvalue weighted by molar-refractivity contribution is 8.00. The summed E-state index contributed by atoms with van der Waals surface area (Å²) in [5, 5.41) is 24.3. The quantitative estimate of drug-likeness (QED) is 0.189. The van der Waals surface area contributed by atoms with E-state index in [2.05, 4.69) is 132 Å². The smallest absolute Gasteiger partial charge is 0.101 e. The zero-order chi connectivity index (χ0) is 32.6. The van der Waals surface area contributed by atoms with Crippen molar-refractivity contribution in [2.24, 2.45) is 5.92 Å². The lowest BCUT2D eigenvalue weighted by molar-refractivity contribution is 0.809. The van der Waals surface area contributed by atoms with Crippen molar-refractivity contribution in [3.8, 4) is 29.0 Å². The predicted octanol–water partition coefficient (Wildman–Crippen LogP) is 11.5. The average Bonchev–Trinajstić information content (AvgIpc) is 3.83. The first-order chi connectivity index (χ1) is 24.2. The topological polar surface area (TPSA) is 52.5 Å². The van der Waals surface area contributed by atoms with Crippen LogP contribution in [0, 0.1) is 28.6 Å². The second-order valence-electron chi connectivity index (χ2n) is 13.0. The van der Waals surface area contributed by atoms with Gasteiger partial charge in [0.2, 0.25) is 0 Å². The van der Waals surface area contributed by atoms with Gasteiger partial charge in [-0.15, -0.1) is 23.1 Å².